The number of piperidine rings is 2. The zero-order chi connectivity index (χ0) is 14.9. The van der Waals surface area contributed by atoms with E-state index in [1.165, 1.54) is 51.9 Å². The molecule has 0 amide bonds. The van der Waals surface area contributed by atoms with E-state index in [0.29, 0.717) is 5.41 Å². The standard InChI is InChI=1S/C13H26N2.2C2H6/c1-12(2)15-9-6-13(7-10-15)5-4-8-14(3)11-13;2*1-2/h12H,4-11H2,1-3H3;2*1-2H3. The third kappa shape index (κ3) is 5.83. The van der Waals surface area contributed by atoms with Crippen LogP contribution in [0.1, 0.15) is 67.2 Å². The fourth-order valence-electron chi connectivity index (χ4n) is 3.38. The quantitative estimate of drug-likeness (QED) is 0.702. The van der Waals surface area contributed by atoms with Crippen LogP contribution >= 0.6 is 0 Å². The van der Waals surface area contributed by atoms with Crippen LogP contribution in [0.15, 0.2) is 0 Å². The van der Waals surface area contributed by atoms with Gasteiger partial charge in [-0.2, -0.15) is 0 Å². The minimum atomic E-state index is 0.679. The van der Waals surface area contributed by atoms with Gasteiger partial charge in [0.05, 0.1) is 0 Å². The molecular weight excluding hydrogens is 232 g/mol. The van der Waals surface area contributed by atoms with Crippen molar-refractivity contribution in [2.75, 3.05) is 33.2 Å². The SMILES string of the molecule is CC.CC.CC(C)N1CCC2(CCCN(C)C2)CC1. The van der Waals surface area contributed by atoms with Crippen LogP contribution in [-0.4, -0.2) is 49.1 Å². The second-order valence-corrected chi connectivity index (χ2v) is 5.97. The highest BCUT2D eigenvalue weighted by Gasteiger charge is 2.37. The lowest BCUT2D eigenvalue weighted by Gasteiger charge is -2.47. The second kappa shape index (κ2) is 9.77. The fourth-order valence-corrected chi connectivity index (χ4v) is 3.38. The highest BCUT2D eigenvalue weighted by molar-refractivity contribution is 4.91. The molecule has 1 spiro atoms. The molecule has 0 radical (unpaired) electrons. The van der Waals surface area contributed by atoms with Gasteiger partial charge >= 0.3 is 0 Å². The third-order valence-corrected chi connectivity index (χ3v) is 4.44. The summed E-state index contributed by atoms with van der Waals surface area (Å²) in [5.74, 6) is 0. The van der Waals surface area contributed by atoms with E-state index in [1.807, 2.05) is 27.7 Å². The zero-order valence-corrected chi connectivity index (χ0v) is 14.6. The molecule has 0 aromatic carbocycles. The average molecular weight is 271 g/mol. The topological polar surface area (TPSA) is 6.48 Å². The molecule has 116 valence electrons. The fraction of sp³-hybridized carbons (Fsp3) is 1.00. The maximum Gasteiger partial charge on any atom is 0.00385 e. The van der Waals surface area contributed by atoms with E-state index in [2.05, 4.69) is 30.7 Å². The smallest absolute Gasteiger partial charge is 0.00385 e. The maximum absolute atomic E-state index is 2.64. The monoisotopic (exact) mass is 270 g/mol. The average Bonchev–Trinajstić information content (AvgIpc) is 2.43. The Labute approximate surface area is 122 Å². The number of hydrogen-bond acceptors (Lipinski definition) is 2. The van der Waals surface area contributed by atoms with E-state index < -0.39 is 0 Å². The van der Waals surface area contributed by atoms with Gasteiger partial charge < -0.3 is 9.80 Å². The summed E-state index contributed by atoms with van der Waals surface area (Å²) in [5.41, 5.74) is 0.679. The number of likely N-dealkylation sites (tertiary alicyclic amines) is 2. The predicted molar refractivity (Wildman–Crippen MR) is 87.8 cm³/mol. The van der Waals surface area contributed by atoms with Gasteiger partial charge in [-0.3, -0.25) is 0 Å². The van der Waals surface area contributed by atoms with Gasteiger partial charge in [-0.1, -0.05) is 27.7 Å². The predicted octanol–water partition coefficient (Wildman–Crippen LogP) is 4.26. The van der Waals surface area contributed by atoms with Crippen LogP contribution in [0.4, 0.5) is 0 Å². The van der Waals surface area contributed by atoms with E-state index in [9.17, 15) is 0 Å². The first-order valence-electron chi connectivity index (χ1n) is 8.54. The number of rotatable bonds is 1. The second-order valence-electron chi connectivity index (χ2n) is 5.97. The molecule has 2 fully saturated rings. The molecule has 0 saturated carbocycles. The summed E-state index contributed by atoms with van der Waals surface area (Å²) in [4.78, 5) is 5.17. The van der Waals surface area contributed by atoms with Crippen LogP contribution in [0.25, 0.3) is 0 Å². The molecule has 2 aliphatic heterocycles. The summed E-state index contributed by atoms with van der Waals surface area (Å²) in [6, 6.07) is 0.740. The van der Waals surface area contributed by atoms with Gasteiger partial charge in [0.1, 0.15) is 0 Å². The lowest BCUT2D eigenvalue weighted by atomic mass is 9.72. The van der Waals surface area contributed by atoms with E-state index >= 15 is 0 Å². The lowest BCUT2D eigenvalue weighted by molar-refractivity contribution is 0.0243. The molecule has 2 aliphatic rings. The molecule has 0 unspecified atom stereocenters. The van der Waals surface area contributed by atoms with Gasteiger partial charge in [0.25, 0.3) is 0 Å². The summed E-state index contributed by atoms with van der Waals surface area (Å²) in [6.07, 6.45) is 5.74. The van der Waals surface area contributed by atoms with E-state index in [-0.39, 0.29) is 0 Å². The summed E-state index contributed by atoms with van der Waals surface area (Å²) in [7, 11) is 2.29. The molecule has 2 nitrogen and oxygen atoms in total. The van der Waals surface area contributed by atoms with E-state index in [1.54, 1.807) is 0 Å². The molecule has 2 rings (SSSR count). The third-order valence-electron chi connectivity index (χ3n) is 4.44. The first-order valence-corrected chi connectivity index (χ1v) is 8.54. The molecule has 0 bridgehead atoms. The largest absolute Gasteiger partial charge is 0.306 e. The zero-order valence-electron chi connectivity index (χ0n) is 14.6. The van der Waals surface area contributed by atoms with Gasteiger partial charge in [0, 0.05) is 12.6 Å². The van der Waals surface area contributed by atoms with Crippen LogP contribution in [0.2, 0.25) is 0 Å². The number of nitrogens with zero attached hydrogens (tertiary/aromatic N) is 2. The van der Waals surface area contributed by atoms with Crippen molar-refractivity contribution in [2.24, 2.45) is 5.41 Å². The Hall–Kier alpha value is -0.0800. The maximum atomic E-state index is 2.64. The summed E-state index contributed by atoms with van der Waals surface area (Å²) in [5, 5.41) is 0. The molecular formula is C17H38N2. The van der Waals surface area contributed by atoms with Crippen LogP contribution in [0.3, 0.4) is 0 Å². The highest BCUT2D eigenvalue weighted by atomic mass is 15.2. The molecule has 0 aromatic rings. The first-order chi connectivity index (χ1) is 9.11. The van der Waals surface area contributed by atoms with Gasteiger partial charge in [-0.05, 0) is 71.6 Å². The Bertz CT molecular complexity index is 205. The van der Waals surface area contributed by atoms with Crippen molar-refractivity contribution in [1.29, 1.82) is 0 Å². The molecule has 2 heteroatoms. The van der Waals surface area contributed by atoms with E-state index in [4.69, 9.17) is 0 Å². The number of hydrogen-bond donors (Lipinski definition) is 0. The van der Waals surface area contributed by atoms with Crippen LogP contribution < -0.4 is 0 Å². The lowest BCUT2D eigenvalue weighted by Crippen LogP contribution is -2.49. The van der Waals surface area contributed by atoms with Gasteiger partial charge in [0.15, 0.2) is 0 Å². The Balaban J connectivity index is 0.000000741. The Morgan fingerprint density at radius 1 is 0.842 bits per heavy atom. The van der Waals surface area contributed by atoms with Crippen LogP contribution in [0.5, 0.6) is 0 Å². The van der Waals surface area contributed by atoms with Crippen molar-refractivity contribution >= 4 is 0 Å². The highest BCUT2D eigenvalue weighted by Crippen LogP contribution is 2.39. The molecule has 2 saturated heterocycles. The summed E-state index contributed by atoms with van der Waals surface area (Å²) >= 11 is 0. The van der Waals surface area contributed by atoms with Crippen LogP contribution in [-0.2, 0) is 0 Å². The normalized spacial score (nSPS) is 23.4. The Kier molecular flexibility index (Phi) is 9.72. The van der Waals surface area contributed by atoms with Gasteiger partial charge in [-0.25, -0.2) is 0 Å². The Morgan fingerprint density at radius 3 is 1.79 bits per heavy atom. The minimum absolute atomic E-state index is 0.679. The van der Waals surface area contributed by atoms with E-state index in [0.717, 1.165) is 6.04 Å². The van der Waals surface area contributed by atoms with Crippen molar-refractivity contribution < 1.29 is 0 Å². The molecule has 0 aromatic heterocycles. The van der Waals surface area contributed by atoms with Crippen molar-refractivity contribution in [3.8, 4) is 0 Å². The molecule has 2 heterocycles. The van der Waals surface area contributed by atoms with Crippen LogP contribution in [0, 0.1) is 5.41 Å². The van der Waals surface area contributed by atoms with Crippen molar-refractivity contribution in [3.05, 3.63) is 0 Å². The van der Waals surface area contributed by atoms with Gasteiger partial charge in [-0.15, -0.1) is 0 Å². The molecule has 0 atom stereocenters. The molecule has 0 N–H and O–H groups in total. The van der Waals surface area contributed by atoms with Crippen molar-refractivity contribution in [1.82, 2.24) is 9.80 Å². The van der Waals surface area contributed by atoms with Crippen molar-refractivity contribution in [2.45, 2.75) is 73.3 Å². The summed E-state index contributed by atoms with van der Waals surface area (Å²) < 4.78 is 0. The Morgan fingerprint density at radius 2 is 1.37 bits per heavy atom. The van der Waals surface area contributed by atoms with Crippen molar-refractivity contribution in [3.63, 3.8) is 0 Å². The summed E-state index contributed by atoms with van der Waals surface area (Å²) in [6.45, 7) is 18.0. The molecule has 19 heavy (non-hydrogen) atoms. The van der Waals surface area contributed by atoms with Gasteiger partial charge in [0.2, 0.25) is 0 Å². The molecule has 0 aliphatic carbocycles. The first kappa shape index (κ1) is 18.9. The minimum Gasteiger partial charge on any atom is -0.306 e.